The Balaban J connectivity index is 0.00000190. The van der Waals surface area contributed by atoms with Crippen molar-refractivity contribution in [2.45, 2.75) is 37.9 Å². The van der Waals surface area contributed by atoms with Crippen LogP contribution >= 0.6 is 11.3 Å². The smallest absolute Gasteiger partial charge is 0.382 e. The van der Waals surface area contributed by atoms with Crippen molar-refractivity contribution in [1.29, 1.82) is 0 Å². The molecule has 1 saturated carbocycles. The van der Waals surface area contributed by atoms with E-state index in [1.165, 1.54) is 0 Å². The average Bonchev–Trinajstić information content (AvgIpc) is 3.41. The molecule has 3 heterocycles. The SMILES string of the molecule is CNC(=O)c1ccc(NC2CC3(CCN(c4nc(NC)nc5sc(CC(F)(F)F)cc45)C3)C2)cc1.[HH].[HH]. The molecule has 0 bridgehead atoms. The van der Waals surface area contributed by atoms with Crippen LogP contribution in [-0.2, 0) is 6.42 Å². The monoisotopic (exact) mass is 508 g/mol. The maximum absolute atomic E-state index is 13.0. The molecule has 1 amide bonds. The second-order valence-electron chi connectivity index (χ2n) is 9.42. The lowest BCUT2D eigenvalue weighted by Crippen LogP contribution is -2.46. The highest BCUT2D eigenvalue weighted by molar-refractivity contribution is 7.18. The summed E-state index contributed by atoms with van der Waals surface area (Å²) in [5, 5.41) is 9.80. The maximum Gasteiger partial charge on any atom is 0.393 e. The Hall–Kier alpha value is -3.08. The predicted octanol–water partition coefficient (Wildman–Crippen LogP) is 5.16. The fourth-order valence-corrected chi connectivity index (χ4v) is 6.28. The fourth-order valence-electron chi connectivity index (χ4n) is 5.23. The van der Waals surface area contributed by atoms with Crippen molar-refractivity contribution in [3.05, 3.63) is 40.8 Å². The second kappa shape index (κ2) is 8.85. The Bertz CT molecular complexity index is 1250. The van der Waals surface area contributed by atoms with Gasteiger partial charge in [0, 0.05) is 52.2 Å². The molecule has 3 N–H and O–H groups in total. The molecular formula is C24H31F3N6OS. The second-order valence-corrected chi connectivity index (χ2v) is 10.5. The maximum atomic E-state index is 13.0. The molecule has 1 aliphatic carbocycles. The molecule has 2 fully saturated rings. The minimum absolute atomic E-state index is 0. The van der Waals surface area contributed by atoms with E-state index in [1.54, 1.807) is 32.3 Å². The lowest BCUT2D eigenvalue weighted by molar-refractivity contribution is -0.126. The summed E-state index contributed by atoms with van der Waals surface area (Å²) in [6.07, 6.45) is -2.17. The number of fused-ring (bicyclic) bond motifs is 1. The first-order chi connectivity index (χ1) is 16.7. The van der Waals surface area contributed by atoms with Crippen molar-refractivity contribution < 1.29 is 20.8 Å². The van der Waals surface area contributed by atoms with Gasteiger partial charge in [0.15, 0.2) is 0 Å². The molecule has 1 saturated heterocycles. The first-order valence-corrected chi connectivity index (χ1v) is 12.4. The van der Waals surface area contributed by atoms with Gasteiger partial charge in [-0.2, -0.15) is 18.2 Å². The number of halogens is 3. The molecule has 1 aliphatic heterocycles. The number of alkyl halides is 3. The lowest BCUT2D eigenvalue weighted by atomic mass is 9.65. The molecule has 0 radical (unpaired) electrons. The topological polar surface area (TPSA) is 82.2 Å². The molecule has 2 aliphatic rings. The van der Waals surface area contributed by atoms with E-state index in [0.29, 0.717) is 33.6 Å². The molecule has 1 aromatic carbocycles. The van der Waals surface area contributed by atoms with E-state index in [0.717, 1.165) is 49.4 Å². The Morgan fingerprint density at radius 2 is 1.97 bits per heavy atom. The van der Waals surface area contributed by atoms with Crippen molar-refractivity contribution in [3.8, 4) is 0 Å². The molecule has 3 aromatic rings. The fraction of sp³-hybridized carbons (Fsp3) is 0.458. The van der Waals surface area contributed by atoms with Crippen molar-refractivity contribution >= 4 is 44.9 Å². The van der Waals surface area contributed by atoms with E-state index in [1.807, 2.05) is 12.1 Å². The number of carbonyl (C=O) groups is 1. The quantitative estimate of drug-likeness (QED) is 0.427. The van der Waals surface area contributed by atoms with E-state index in [-0.39, 0.29) is 19.1 Å². The number of amides is 1. The van der Waals surface area contributed by atoms with Crippen LogP contribution in [-0.4, -0.2) is 55.3 Å². The van der Waals surface area contributed by atoms with E-state index >= 15 is 0 Å². The highest BCUT2D eigenvalue weighted by Crippen LogP contribution is 2.50. The molecule has 5 rings (SSSR count). The summed E-state index contributed by atoms with van der Waals surface area (Å²) in [4.78, 5) is 23.8. The summed E-state index contributed by atoms with van der Waals surface area (Å²) < 4.78 is 38.9. The normalized spacial score (nSPS) is 21.9. The number of nitrogens with one attached hydrogen (secondary N) is 3. The van der Waals surface area contributed by atoms with Crippen LogP contribution in [0.15, 0.2) is 30.3 Å². The number of aromatic nitrogens is 2. The summed E-state index contributed by atoms with van der Waals surface area (Å²) >= 11 is 1.08. The minimum Gasteiger partial charge on any atom is -0.382 e. The summed E-state index contributed by atoms with van der Waals surface area (Å²) in [6.45, 7) is 1.63. The average molecular weight is 509 g/mol. The molecule has 2 aromatic heterocycles. The van der Waals surface area contributed by atoms with Gasteiger partial charge in [-0.15, -0.1) is 11.3 Å². The first kappa shape index (κ1) is 23.7. The van der Waals surface area contributed by atoms with E-state index in [2.05, 4.69) is 30.8 Å². The van der Waals surface area contributed by atoms with Crippen molar-refractivity contribution in [2.24, 2.45) is 5.41 Å². The summed E-state index contributed by atoms with van der Waals surface area (Å²) in [7, 11) is 3.32. The standard InChI is InChI=1S/C24H27F3N6OS.2H2/c1-28-20(34)14-3-5-15(6-4-14)30-16-10-23(11-16)7-8-33(13-23)19-18-9-17(12-24(25,26)27)35-21(18)32-22(29-2)31-19;;/h3-6,9,16,30H,7-8,10-13H2,1-2H3,(H,28,34)(H,29,31,32);2*1H. The van der Waals surface area contributed by atoms with Gasteiger partial charge in [-0.3, -0.25) is 4.79 Å². The third kappa shape index (κ3) is 4.86. The van der Waals surface area contributed by atoms with Gasteiger partial charge in [-0.1, -0.05) is 0 Å². The largest absolute Gasteiger partial charge is 0.393 e. The van der Waals surface area contributed by atoms with Crippen LogP contribution in [0.2, 0.25) is 0 Å². The Morgan fingerprint density at radius 3 is 2.63 bits per heavy atom. The number of hydrogen-bond acceptors (Lipinski definition) is 7. The third-order valence-corrected chi connectivity index (χ3v) is 7.89. The molecular weight excluding hydrogens is 477 g/mol. The number of anilines is 3. The highest BCUT2D eigenvalue weighted by atomic mass is 32.1. The van der Waals surface area contributed by atoms with Gasteiger partial charge in [0.1, 0.15) is 10.6 Å². The van der Waals surface area contributed by atoms with Crippen molar-refractivity contribution in [1.82, 2.24) is 15.3 Å². The molecule has 0 unspecified atom stereocenters. The van der Waals surface area contributed by atoms with Gasteiger partial charge in [-0.25, -0.2) is 4.98 Å². The van der Waals surface area contributed by atoms with Crippen LogP contribution in [0, 0.1) is 5.41 Å². The van der Waals surface area contributed by atoms with Crippen LogP contribution in [0.25, 0.3) is 10.2 Å². The Labute approximate surface area is 208 Å². The zero-order chi connectivity index (χ0) is 24.8. The zero-order valence-corrected chi connectivity index (χ0v) is 20.3. The van der Waals surface area contributed by atoms with Gasteiger partial charge < -0.3 is 20.9 Å². The van der Waals surface area contributed by atoms with Crippen molar-refractivity contribution in [2.75, 3.05) is 42.7 Å². The van der Waals surface area contributed by atoms with Gasteiger partial charge in [0.05, 0.1) is 11.8 Å². The van der Waals surface area contributed by atoms with Gasteiger partial charge in [-0.05, 0) is 55.0 Å². The van der Waals surface area contributed by atoms with Crippen LogP contribution in [0.4, 0.5) is 30.6 Å². The summed E-state index contributed by atoms with van der Waals surface area (Å²) in [6, 6.07) is 9.39. The number of carbonyl (C=O) groups excluding carboxylic acids is 1. The predicted molar refractivity (Wildman–Crippen MR) is 137 cm³/mol. The molecule has 1 spiro atoms. The van der Waals surface area contributed by atoms with Gasteiger partial charge >= 0.3 is 6.18 Å². The molecule has 35 heavy (non-hydrogen) atoms. The van der Waals surface area contributed by atoms with Crippen LogP contribution in [0.3, 0.4) is 0 Å². The van der Waals surface area contributed by atoms with Gasteiger partial charge in [0.25, 0.3) is 5.91 Å². The summed E-state index contributed by atoms with van der Waals surface area (Å²) in [5.41, 5.74) is 1.78. The molecule has 11 heteroatoms. The number of rotatable bonds is 6. The van der Waals surface area contributed by atoms with Crippen molar-refractivity contribution in [3.63, 3.8) is 0 Å². The van der Waals surface area contributed by atoms with Crippen LogP contribution < -0.4 is 20.9 Å². The van der Waals surface area contributed by atoms with Gasteiger partial charge in [0.2, 0.25) is 5.95 Å². The zero-order valence-electron chi connectivity index (χ0n) is 19.5. The minimum atomic E-state index is -4.26. The Kier molecular flexibility index (Phi) is 5.98. The van der Waals surface area contributed by atoms with E-state index < -0.39 is 12.6 Å². The number of benzene rings is 1. The number of nitrogens with zero attached hydrogens (tertiary/aromatic N) is 3. The molecule has 0 atom stereocenters. The number of hydrogen-bond donors (Lipinski definition) is 3. The van der Waals surface area contributed by atoms with E-state index in [9.17, 15) is 18.0 Å². The Morgan fingerprint density at radius 1 is 1.23 bits per heavy atom. The molecule has 190 valence electrons. The van der Waals surface area contributed by atoms with E-state index in [4.69, 9.17) is 0 Å². The molecule has 7 nitrogen and oxygen atoms in total. The summed E-state index contributed by atoms with van der Waals surface area (Å²) in [5.74, 6) is 1.02. The third-order valence-electron chi connectivity index (χ3n) is 6.86. The first-order valence-electron chi connectivity index (χ1n) is 11.6. The lowest BCUT2D eigenvalue weighted by Gasteiger charge is -2.46. The highest BCUT2D eigenvalue weighted by Gasteiger charge is 2.49. The van der Waals surface area contributed by atoms with Crippen LogP contribution in [0.5, 0.6) is 0 Å². The number of thiophene rings is 1. The van der Waals surface area contributed by atoms with Crippen LogP contribution in [0.1, 0.15) is 37.4 Å².